The van der Waals surface area contributed by atoms with Gasteiger partial charge in [-0.25, -0.2) is 4.79 Å². The summed E-state index contributed by atoms with van der Waals surface area (Å²) < 4.78 is 44.8. The van der Waals surface area contributed by atoms with Gasteiger partial charge in [-0.15, -0.1) is 0 Å². The van der Waals surface area contributed by atoms with E-state index in [1.807, 2.05) is 13.8 Å². The van der Waals surface area contributed by atoms with E-state index in [2.05, 4.69) is 10.6 Å². The lowest BCUT2D eigenvalue weighted by Crippen LogP contribution is -2.60. The molecule has 0 bridgehead atoms. The highest BCUT2D eigenvalue weighted by atomic mass is 19.4. The molecular formula is C26H39F3N4O6. The number of nitrogens with zero attached hydrogens (tertiary/aromatic N) is 1. The summed E-state index contributed by atoms with van der Waals surface area (Å²) >= 11 is 0. The second-order valence-corrected chi connectivity index (χ2v) is 12.5. The van der Waals surface area contributed by atoms with Crippen molar-refractivity contribution in [2.75, 3.05) is 6.54 Å². The van der Waals surface area contributed by atoms with E-state index in [1.54, 1.807) is 20.8 Å². The largest absolute Gasteiger partial charge is 0.444 e. The Labute approximate surface area is 225 Å². The second-order valence-electron chi connectivity index (χ2n) is 12.5. The number of primary amides is 1. The Kier molecular flexibility index (Phi) is 8.62. The van der Waals surface area contributed by atoms with E-state index in [1.165, 1.54) is 4.90 Å². The number of Topliss-reactive ketones (excluding diaryl/α,β-unsaturated/α-hetero) is 1. The molecule has 2 aliphatic carbocycles. The third-order valence-corrected chi connectivity index (χ3v) is 8.13. The average Bonchev–Trinajstić information content (AvgIpc) is 3.14. The van der Waals surface area contributed by atoms with Crippen molar-refractivity contribution in [3.05, 3.63) is 0 Å². The van der Waals surface area contributed by atoms with Crippen LogP contribution < -0.4 is 16.4 Å². The number of halogens is 3. The van der Waals surface area contributed by atoms with E-state index in [4.69, 9.17) is 10.5 Å². The Morgan fingerprint density at radius 3 is 2.13 bits per heavy atom. The van der Waals surface area contributed by atoms with Crippen LogP contribution in [0, 0.1) is 23.2 Å². The van der Waals surface area contributed by atoms with Gasteiger partial charge >= 0.3 is 12.3 Å². The first-order chi connectivity index (χ1) is 17.8. The van der Waals surface area contributed by atoms with Gasteiger partial charge in [-0.3, -0.25) is 19.2 Å². The molecule has 1 saturated heterocycles. The quantitative estimate of drug-likeness (QED) is 0.389. The summed E-state index contributed by atoms with van der Waals surface area (Å²) in [5, 5.41) is 4.74. The molecule has 13 heteroatoms. The Morgan fingerprint density at radius 2 is 1.62 bits per heavy atom. The molecule has 5 atom stereocenters. The summed E-state index contributed by atoms with van der Waals surface area (Å²) in [6.45, 7) is 9.01. The molecule has 220 valence electrons. The molecule has 2 unspecified atom stereocenters. The fourth-order valence-corrected chi connectivity index (χ4v) is 6.14. The minimum absolute atomic E-state index is 0.0985. The summed E-state index contributed by atoms with van der Waals surface area (Å²) in [7, 11) is 0. The number of hydrogen-bond acceptors (Lipinski definition) is 6. The molecule has 2 saturated carbocycles. The number of amides is 4. The van der Waals surface area contributed by atoms with Crippen molar-refractivity contribution in [3.63, 3.8) is 0 Å². The van der Waals surface area contributed by atoms with Crippen molar-refractivity contribution in [1.29, 1.82) is 0 Å². The molecular weight excluding hydrogens is 521 g/mol. The van der Waals surface area contributed by atoms with E-state index < -0.39 is 65.9 Å². The van der Waals surface area contributed by atoms with Crippen LogP contribution in [0.2, 0.25) is 0 Å². The zero-order valence-corrected chi connectivity index (χ0v) is 23.0. The first-order valence-electron chi connectivity index (χ1n) is 13.3. The van der Waals surface area contributed by atoms with Gasteiger partial charge in [0.2, 0.25) is 17.6 Å². The number of carbonyl (C=O) groups is 5. The van der Waals surface area contributed by atoms with Gasteiger partial charge in [0.15, 0.2) is 0 Å². The van der Waals surface area contributed by atoms with E-state index in [0.29, 0.717) is 12.8 Å². The standard InChI is InChI=1S/C26H39F3N4O6/c1-24(2,3)39-23(38)32-17(13-9-7-6-8-10-13)22(37)33-12-14-16(25(14,4)5)18(33)21(36)31-15(11-26(27,28)29)19(34)20(30)35/h13-18H,6-12H2,1-5H3,(H2,30,35)(H,31,36)(H,32,38)/t14?,15?,16-,17-,18-/m0/s1. The maximum absolute atomic E-state index is 13.9. The van der Waals surface area contributed by atoms with Crippen molar-refractivity contribution in [3.8, 4) is 0 Å². The fourth-order valence-electron chi connectivity index (χ4n) is 6.14. The molecule has 0 aromatic heterocycles. The molecule has 1 aliphatic heterocycles. The van der Waals surface area contributed by atoms with Crippen LogP contribution in [0.4, 0.5) is 18.0 Å². The topological polar surface area (TPSA) is 148 Å². The molecule has 10 nitrogen and oxygen atoms in total. The van der Waals surface area contributed by atoms with Crippen LogP contribution in [-0.4, -0.2) is 70.9 Å². The SMILES string of the molecule is CC(C)(C)OC(=O)N[C@H](C(=O)N1CC2[C@@H]([C@H]1C(=O)NC(CC(F)(F)F)C(=O)C(N)=O)C2(C)C)C1CCCCC1. The van der Waals surface area contributed by atoms with Gasteiger partial charge in [0.05, 0.1) is 6.42 Å². The number of likely N-dealkylation sites (tertiary alicyclic amines) is 1. The molecule has 3 aliphatic rings. The number of carbonyl (C=O) groups excluding carboxylic acids is 5. The highest BCUT2D eigenvalue weighted by molar-refractivity contribution is 6.37. The van der Waals surface area contributed by atoms with Crippen LogP contribution in [0.25, 0.3) is 0 Å². The maximum Gasteiger partial charge on any atom is 0.408 e. The maximum atomic E-state index is 13.9. The molecule has 39 heavy (non-hydrogen) atoms. The summed E-state index contributed by atoms with van der Waals surface area (Å²) in [6.07, 6.45) is -3.35. The number of ketones is 1. The first-order valence-corrected chi connectivity index (χ1v) is 13.3. The number of nitrogens with two attached hydrogens (primary N) is 1. The number of piperidine rings is 1. The van der Waals surface area contributed by atoms with Gasteiger partial charge in [-0.2, -0.15) is 13.2 Å². The fraction of sp³-hybridized carbons (Fsp3) is 0.808. The zero-order valence-electron chi connectivity index (χ0n) is 23.0. The highest BCUT2D eigenvalue weighted by Crippen LogP contribution is 2.65. The van der Waals surface area contributed by atoms with Crippen LogP contribution in [-0.2, 0) is 23.9 Å². The molecule has 0 aromatic rings. The number of rotatable bonds is 8. The van der Waals surface area contributed by atoms with E-state index in [0.717, 1.165) is 19.3 Å². The van der Waals surface area contributed by atoms with Gasteiger partial charge in [-0.05, 0) is 56.8 Å². The van der Waals surface area contributed by atoms with E-state index >= 15 is 0 Å². The lowest BCUT2D eigenvalue weighted by atomic mass is 9.83. The summed E-state index contributed by atoms with van der Waals surface area (Å²) in [5.74, 6) is -5.34. The molecule has 3 fully saturated rings. The molecule has 4 N–H and O–H groups in total. The average molecular weight is 561 g/mol. The highest BCUT2D eigenvalue weighted by Gasteiger charge is 2.70. The molecule has 1 heterocycles. The van der Waals surface area contributed by atoms with Gasteiger partial charge < -0.3 is 26.0 Å². The van der Waals surface area contributed by atoms with Gasteiger partial charge in [0, 0.05) is 6.54 Å². The second kappa shape index (κ2) is 11.0. The van der Waals surface area contributed by atoms with Crippen LogP contribution in [0.1, 0.15) is 73.1 Å². The predicted octanol–water partition coefficient (Wildman–Crippen LogP) is 2.43. The van der Waals surface area contributed by atoms with Crippen molar-refractivity contribution < 1.29 is 41.9 Å². The smallest absolute Gasteiger partial charge is 0.408 e. The van der Waals surface area contributed by atoms with Crippen molar-refractivity contribution in [2.24, 2.45) is 28.9 Å². The van der Waals surface area contributed by atoms with Crippen molar-refractivity contribution in [1.82, 2.24) is 15.5 Å². The molecule has 0 aromatic carbocycles. The van der Waals surface area contributed by atoms with E-state index in [9.17, 15) is 37.1 Å². The van der Waals surface area contributed by atoms with Gasteiger partial charge in [-0.1, -0.05) is 33.1 Å². The number of alkyl halides is 3. The predicted molar refractivity (Wildman–Crippen MR) is 133 cm³/mol. The normalized spacial score (nSPS) is 26.2. The minimum atomic E-state index is -4.86. The third-order valence-electron chi connectivity index (χ3n) is 8.13. The van der Waals surface area contributed by atoms with Crippen molar-refractivity contribution in [2.45, 2.75) is 103 Å². The van der Waals surface area contributed by atoms with Crippen LogP contribution in [0.5, 0.6) is 0 Å². The van der Waals surface area contributed by atoms with Crippen molar-refractivity contribution >= 4 is 29.6 Å². The molecule has 0 spiro atoms. The van der Waals surface area contributed by atoms with Crippen LogP contribution >= 0.6 is 0 Å². The molecule has 4 amide bonds. The van der Waals surface area contributed by atoms with Crippen LogP contribution in [0.15, 0.2) is 0 Å². The molecule has 3 rings (SSSR count). The summed E-state index contributed by atoms with van der Waals surface area (Å²) in [6, 6.07) is -4.38. The first kappa shape index (κ1) is 30.7. The molecule has 0 radical (unpaired) electrons. The third kappa shape index (κ3) is 7.21. The monoisotopic (exact) mass is 560 g/mol. The van der Waals surface area contributed by atoms with E-state index in [-0.39, 0.29) is 29.7 Å². The number of hydrogen-bond donors (Lipinski definition) is 3. The number of fused-ring (bicyclic) bond motifs is 1. The summed E-state index contributed by atoms with van der Waals surface area (Å²) in [4.78, 5) is 64.8. The van der Waals surface area contributed by atoms with Crippen LogP contribution in [0.3, 0.4) is 0 Å². The lowest BCUT2D eigenvalue weighted by Gasteiger charge is -2.37. The Bertz CT molecular complexity index is 1000. The van der Waals surface area contributed by atoms with Gasteiger partial charge in [0.1, 0.15) is 23.7 Å². The Balaban J connectivity index is 1.88. The number of ether oxygens (including phenoxy) is 1. The number of nitrogens with one attached hydrogen (secondary N) is 2. The number of alkyl carbamates (subject to hydrolysis) is 1. The Morgan fingerprint density at radius 1 is 1.03 bits per heavy atom. The lowest BCUT2D eigenvalue weighted by molar-refractivity contribution is -0.155. The zero-order chi connectivity index (χ0) is 29.5. The minimum Gasteiger partial charge on any atom is -0.444 e. The summed E-state index contributed by atoms with van der Waals surface area (Å²) in [5.41, 5.74) is 3.74. The Hall–Kier alpha value is -2.86. The van der Waals surface area contributed by atoms with Gasteiger partial charge in [0.25, 0.3) is 5.91 Å².